The van der Waals surface area contributed by atoms with Crippen LogP contribution in [-0.4, -0.2) is 17.8 Å². The van der Waals surface area contributed by atoms with Gasteiger partial charge in [0.2, 0.25) is 0 Å². The van der Waals surface area contributed by atoms with Crippen LogP contribution in [-0.2, 0) is 12.8 Å². The molecule has 1 aliphatic carbocycles. The first-order valence-corrected chi connectivity index (χ1v) is 7.92. The van der Waals surface area contributed by atoms with Crippen molar-refractivity contribution >= 4 is 11.3 Å². The number of hydrogen-bond donors (Lipinski definition) is 2. The van der Waals surface area contributed by atoms with Crippen molar-refractivity contribution in [1.29, 1.82) is 0 Å². The van der Waals surface area contributed by atoms with E-state index >= 15 is 0 Å². The van der Waals surface area contributed by atoms with Crippen LogP contribution < -0.4 is 5.32 Å². The zero-order chi connectivity index (χ0) is 13.1. The standard InChI is InChI=1S/C15H25NOS/c1-10(9-17)11(2)16-12(3)15-8-13-6-4-5-7-14(13)18-15/h8,10-12,16-17H,4-7,9H2,1-3H3. The van der Waals surface area contributed by atoms with Gasteiger partial charge in [0.1, 0.15) is 0 Å². The number of aliphatic hydroxyl groups is 1. The Morgan fingerprint density at radius 3 is 2.67 bits per heavy atom. The fraction of sp³-hybridized carbons (Fsp3) is 0.733. The first-order valence-electron chi connectivity index (χ1n) is 7.10. The minimum absolute atomic E-state index is 0.252. The van der Waals surface area contributed by atoms with Crippen LogP contribution in [0.1, 0.15) is 55.0 Å². The van der Waals surface area contributed by atoms with E-state index in [0.717, 1.165) is 0 Å². The highest BCUT2D eigenvalue weighted by Crippen LogP contribution is 2.33. The van der Waals surface area contributed by atoms with Crippen LogP contribution in [0.25, 0.3) is 0 Å². The van der Waals surface area contributed by atoms with Crippen molar-refractivity contribution in [3.05, 3.63) is 21.4 Å². The summed E-state index contributed by atoms with van der Waals surface area (Å²) in [4.78, 5) is 3.06. The van der Waals surface area contributed by atoms with Gasteiger partial charge in [-0.05, 0) is 57.1 Å². The van der Waals surface area contributed by atoms with Crippen molar-refractivity contribution in [2.75, 3.05) is 6.61 Å². The van der Waals surface area contributed by atoms with Gasteiger partial charge in [0.25, 0.3) is 0 Å². The Morgan fingerprint density at radius 2 is 2.00 bits per heavy atom. The van der Waals surface area contributed by atoms with Gasteiger partial charge in [-0.15, -0.1) is 11.3 Å². The van der Waals surface area contributed by atoms with Crippen LogP contribution in [0.2, 0.25) is 0 Å². The number of nitrogens with one attached hydrogen (secondary N) is 1. The maximum absolute atomic E-state index is 9.18. The number of rotatable bonds is 5. The maximum Gasteiger partial charge on any atom is 0.0471 e. The molecule has 0 saturated heterocycles. The van der Waals surface area contributed by atoms with Gasteiger partial charge < -0.3 is 10.4 Å². The fourth-order valence-corrected chi connectivity index (χ4v) is 3.79. The van der Waals surface area contributed by atoms with E-state index in [1.807, 2.05) is 11.3 Å². The molecule has 0 saturated carbocycles. The van der Waals surface area contributed by atoms with Gasteiger partial charge in [0.15, 0.2) is 0 Å². The first kappa shape index (κ1) is 14.0. The second-order valence-electron chi connectivity index (χ2n) is 5.64. The summed E-state index contributed by atoms with van der Waals surface area (Å²) in [6.45, 7) is 6.73. The molecule has 102 valence electrons. The molecule has 2 N–H and O–H groups in total. The number of hydrogen-bond acceptors (Lipinski definition) is 3. The van der Waals surface area contributed by atoms with Crippen LogP contribution in [0.3, 0.4) is 0 Å². The number of fused-ring (bicyclic) bond motifs is 1. The summed E-state index contributed by atoms with van der Waals surface area (Å²) < 4.78 is 0. The summed E-state index contributed by atoms with van der Waals surface area (Å²) in [5.74, 6) is 0.307. The summed E-state index contributed by atoms with van der Waals surface area (Å²) >= 11 is 1.98. The summed E-state index contributed by atoms with van der Waals surface area (Å²) in [5.41, 5.74) is 1.58. The molecule has 1 aromatic rings. The van der Waals surface area contributed by atoms with Crippen molar-refractivity contribution in [2.24, 2.45) is 5.92 Å². The van der Waals surface area contributed by atoms with E-state index < -0.39 is 0 Å². The zero-order valence-corrected chi connectivity index (χ0v) is 12.5. The molecule has 3 atom stereocenters. The van der Waals surface area contributed by atoms with E-state index in [9.17, 15) is 5.11 Å². The van der Waals surface area contributed by atoms with Gasteiger partial charge in [0, 0.05) is 28.4 Å². The molecule has 1 aliphatic rings. The Balaban J connectivity index is 2.00. The largest absolute Gasteiger partial charge is 0.396 e. The molecule has 0 radical (unpaired) electrons. The second kappa shape index (κ2) is 6.18. The minimum Gasteiger partial charge on any atom is -0.396 e. The molecule has 0 fully saturated rings. The quantitative estimate of drug-likeness (QED) is 0.858. The van der Waals surface area contributed by atoms with E-state index in [0.29, 0.717) is 18.0 Å². The third-order valence-electron chi connectivity index (χ3n) is 4.10. The third kappa shape index (κ3) is 3.14. The lowest BCUT2D eigenvalue weighted by molar-refractivity contribution is 0.202. The minimum atomic E-state index is 0.252. The second-order valence-corrected chi connectivity index (χ2v) is 6.81. The smallest absolute Gasteiger partial charge is 0.0471 e. The highest BCUT2D eigenvalue weighted by molar-refractivity contribution is 7.12. The Labute approximate surface area is 114 Å². The maximum atomic E-state index is 9.18. The molecular formula is C15H25NOS. The summed E-state index contributed by atoms with van der Waals surface area (Å²) in [6, 6.07) is 3.14. The van der Waals surface area contributed by atoms with Crippen LogP contribution >= 0.6 is 11.3 Å². The van der Waals surface area contributed by atoms with E-state index in [1.165, 1.54) is 30.6 Å². The molecular weight excluding hydrogens is 242 g/mol. The van der Waals surface area contributed by atoms with Gasteiger partial charge in [-0.3, -0.25) is 0 Å². The first-order chi connectivity index (χ1) is 8.61. The predicted octanol–water partition coefficient (Wildman–Crippen LogP) is 3.29. The van der Waals surface area contributed by atoms with Crippen molar-refractivity contribution in [1.82, 2.24) is 5.32 Å². The molecule has 3 unspecified atom stereocenters. The zero-order valence-electron chi connectivity index (χ0n) is 11.7. The lowest BCUT2D eigenvalue weighted by Crippen LogP contribution is -2.35. The van der Waals surface area contributed by atoms with Gasteiger partial charge in [-0.2, -0.15) is 0 Å². The normalized spacial score (nSPS) is 20.2. The molecule has 1 heterocycles. The Bertz CT molecular complexity index is 364. The van der Waals surface area contributed by atoms with Crippen molar-refractivity contribution in [3.8, 4) is 0 Å². The number of aliphatic hydroxyl groups excluding tert-OH is 1. The highest BCUT2D eigenvalue weighted by atomic mass is 32.1. The Hall–Kier alpha value is -0.380. The highest BCUT2D eigenvalue weighted by Gasteiger charge is 2.19. The average molecular weight is 267 g/mol. The SMILES string of the molecule is CC(NC(C)C(C)CO)c1cc2c(s1)CCCC2. The number of aryl methyl sites for hydroxylation is 2. The van der Waals surface area contributed by atoms with Gasteiger partial charge >= 0.3 is 0 Å². The third-order valence-corrected chi connectivity index (χ3v) is 5.52. The van der Waals surface area contributed by atoms with Crippen molar-refractivity contribution in [2.45, 2.75) is 58.5 Å². The van der Waals surface area contributed by atoms with Crippen LogP contribution in [0.4, 0.5) is 0 Å². The molecule has 0 spiro atoms. The summed E-state index contributed by atoms with van der Waals surface area (Å²) in [7, 11) is 0. The summed E-state index contributed by atoms with van der Waals surface area (Å²) in [6.07, 6.45) is 5.24. The van der Waals surface area contributed by atoms with E-state index in [-0.39, 0.29) is 6.61 Å². The Morgan fingerprint density at radius 1 is 1.28 bits per heavy atom. The summed E-state index contributed by atoms with van der Waals surface area (Å²) in [5, 5.41) is 12.8. The molecule has 0 bridgehead atoms. The van der Waals surface area contributed by atoms with E-state index in [4.69, 9.17) is 0 Å². The van der Waals surface area contributed by atoms with E-state index in [2.05, 4.69) is 32.2 Å². The topological polar surface area (TPSA) is 32.3 Å². The predicted molar refractivity (Wildman–Crippen MR) is 78.2 cm³/mol. The molecule has 0 amide bonds. The van der Waals surface area contributed by atoms with Crippen molar-refractivity contribution in [3.63, 3.8) is 0 Å². The average Bonchev–Trinajstić information content (AvgIpc) is 2.81. The molecule has 2 nitrogen and oxygen atoms in total. The van der Waals surface area contributed by atoms with Gasteiger partial charge in [-0.1, -0.05) is 6.92 Å². The lowest BCUT2D eigenvalue weighted by Gasteiger charge is -2.23. The molecule has 1 aromatic heterocycles. The fourth-order valence-electron chi connectivity index (χ4n) is 2.53. The molecule has 18 heavy (non-hydrogen) atoms. The lowest BCUT2D eigenvalue weighted by atomic mass is 9.98. The van der Waals surface area contributed by atoms with Gasteiger partial charge in [0.05, 0.1) is 0 Å². The molecule has 0 aliphatic heterocycles. The molecule has 0 aromatic carbocycles. The monoisotopic (exact) mass is 267 g/mol. The Kier molecular flexibility index (Phi) is 4.82. The van der Waals surface area contributed by atoms with Crippen LogP contribution in [0, 0.1) is 5.92 Å². The van der Waals surface area contributed by atoms with Crippen molar-refractivity contribution < 1.29 is 5.11 Å². The van der Waals surface area contributed by atoms with Gasteiger partial charge in [-0.25, -0.2) is 0 Å². The van der Waals surface area contributed by atoms with Crippen LogP contribution in [0.5, 0.6) is 0 Å². The molecule has 3 heteroatoms. The molecule has 2 rings (SSSR count). The van der Waals surface area contributed by atoms with E-state index in [1.54, 1.807) is 10.4 Å². The number of thiophene rings is 1. The van der Waals surface area contributed by atoms with Crippen LogP contribution in [0.15, 0.2) is 6.07 Å².